The van der Waals surface area contributed by atoms with Crippen molar-refractivity contribution in [2.45, 2.75) is 33.2 Å². The van der Waals surface area contributed by atoms with Crippen LogP contribution in [0.5, 0.6) is 0 Å². The van der Waals surface area contributed by atoms with E-state index in [4.69, 9.17) is 56.2 Å². The zero-order valence-corrected chi connectivity index (χ0v) is 24.0. The molecule has 0 amide bonds. The minimum Gasteiger partial charge on any atom is -0.463 e. The molecule has 0 saturated carbocycles. The number of carbonyl (C=O) groups is 1. The maximum atomic E-state index is 12.3. The molecule has 0 bridgehead atoms. The van der Waals surface area contributed by atoms with Gasteiger partial charge in [-0.1, -0.05) is 65.5 Å². The summed E-state index contributed by atoms with van der Waals surface area (Å²) in [6, 6.07) is 10.8. The van der Waals surface area contributed by atoms with Gasteiger partial charge in [0.15, 0.2) is 0 Å². The largest absolute Gasteiger partial charge is 0.463 e. The number of hydrogen-bond donors (Lipinski definition) is 0. The number of halogens is 4. The second-order valence-electron chi connectivity index (χ2n) is 9.16. The van der Waals surface area contributed by atoms with E-state index < -0.39 is 5.97 Å². The second-order valence-corrected chi connectivity index (χ2v) is 10.8. The molecule has 1 saturated heterocycles. The molecule has 4 rings (SSSR count). The number of nitrogens with zero attached hydrogens (tertiary/aromatic N) is 3. The van der Waals surface area contributed by atoms with Crippen molar-refractivity contribution in [3.05, 3.63) is 85.0 Å². The average molecular weight is 581 g/mol. The number of ether oxygens (including phenoxy) is 1. The van der Waals surface area contributed by atoms with Crippen LogP contribution >= 0.6 is 46.4 Å². The highest BCUT2D eigenvalue weighted by Gasteiger charge is 2.44. The molecule has 1 fully saturated rings. The van der Waals surface area contributed by atoms with Crippen molar-refractivity contribution >= 4 is 64.2 Å². The van der Waals surface area contributed by atoms with E-state index in [9.17, 15) is 4.79 Å². The Morgan fingerprint density at radius 1 is 1.08 bits per heavy atom. The zero-order valence-electron chi connectivity index (χ0n) is 21.0. The van der Waals surface area contributed by atoms with Crippen LogP contribution in [0.2, 0.25) is 20.1 Å². The molecule has 0 unspecified atom stereocenters. The van der Waals surface area contributed by atoms with E-state index in [0.717, 1.165) is 48.5 Å². The lowest BCUT2D eigenvalue weighted by Gasteiger charge is -2.36. The topological polar surface area (TPSA) is 45.1 Å². The number of hydrazone groups is 1. The molecule has 0 N–H and O–H groups in total. The predicted molar refractivity (Wildman–Crippen MR) is 154 cm³/mol. The van der Waals surface area contributed by atoms with Crippen molar-refractivity contribution in [3.8, 4) is 0 Å². The summed E-state index contributed by atoms with van der Waals surface area (Å²) in [7, 11) is 0. The van der Waals surface area contributed by atoms with E-state index in [0.29, 0.717) is 32.4 Å². The Bertz CT molecular complexity index is 1270. The number of fused-ring (bicyclic) bond motifs is 1. The molecule has 2 aromatic rings. The highest BCUT2D eigenvalue weighted by Crippen LogP contribution is 2.45. The highest BCUT2D eigenvalue weighted by molar-refractivity contribution is 6.36. The van der Waals surface area contributed by atoms with Gasteiger partial charge in [0.1, 0.15) is 0 Å². The lowest BCUT2D eigenvalue weighted by Crippen LogP contribution is -2.44. The van der Waals surface area contributed by atoms with Crippen LogP contribution in [0.3, 0.4) is 0 Å². The van der Waals surface area contributed by atoms with Gasteiger partial charge in [0.05, 0.1) is 18.4 Å². The maximum absolute atomic E-state index is 12.3. The van der Waals surface area contributed by atoms with Crippen LogP contribution in [-0.4, -0.2) is 47.8 Å². The molecule has 0 spiro atoms. The molecular formula is C28H29Cl4N3O2. The Kier molecular flexibility index (Phi) is 9.25. The van der Waals surface area contributed by atoms with Gasteiger partial charge in [0.25, 0.3) is 0 Å². The van der Waals surface area contributed by atoms with Crippen LogP contribution < -0.4 is 0 Å². The molecule has 0 aliphatic carbocycles. The summed E-state index contributed by atoms with van der Waals surface area (Å²) >= 11 is 25.6. The Morgan fingerprint density at radius 2 is 1.78 bits per heavy atom. The first-order valence-electron chi connectivity index (χ1n) is 12.3. The van der Waals surface area contributed by atoms with Crippen LogP contribution in [0.15, 0.2) is 58.8 Å². The highest BCUT2D eigenvalue weighted by atomic mass is 35.5. The number of allylic oxidation sites excluding steroid dienone is 1. The first-order chi connectivity index (χ1) is 17.7. The number of piperidine rings is 1. The van der Waals surface area contributed by atoms with Crippen LogP contribution in [0.4, 0.5) is 0 Å². The summed E-state index contributed by atoms with van der Waals surface area (Å²) in [5.74, 6) is -0.408. The van der Waals surface area contributed by atoms with Crippen molar-refractivity contribution in [3.63, 3.8) is 0 Å². The van der Waals surface area contributed by atoms with Gasteiger partial charge >= 0.3 is 5.97 Å². The van der Waals surface area contributed by atoms with Crippen molar-refractivity contribution in [2.75, 3.05) is 26.2 Å². The molecule has 2 aliphatic rings. The fourth-order valence-electron chi connectivity index (χ4n) is 4.95. The van der Waals surface area contributed by atoms with Gasteiger partial charge in [-0.15, -0.1) is 0 Å². The third-order valence-electron chi connectivity index (χ3n) is 6.48. The molecular weight excluding hydrogens is 552 g/mol. The molecule has 2 aromatic carbocycles. The van der Waals surface area contributed by atoms with Crippen LogP contribution in [0.1, 0.15) is 44.4 Å². The van der Waals surface area contributed by atoms with Gasteiger partial charge in [-0.25, -0.2) is 4.79 Å². The molecule has 9 heteroatoms. The van der Waals surface area contributed by atoms with Crippen molar-refractivity contribution < 1.29 is 9.53 Å². The molecule has 2 aliphatic heterocycles. The van der Waals surface area contributed by atoms with Crippen molar-refractivity contribution in [1.82, 2.24) is 9.91 Å². The van der Waals surface area contributed by atoms with Crippen LogP contribution in [-0.2, 0) is 9.53 Å². The first-order valence-corrected chi connectivity index (χ1v) is 13.8. The van der Waals surface area contributed by atoms with Gasteiger partial charge in [-0.2, -0.15) is 5.10 Å². The van der Waals surface area contributed by atoms with E-state index in [1.807, 2.05) is 36.2 Å². The average Bonchev–Trinajstić information content (AvgIpc) is 3.21. The summed E-state index contributed by atoms with van der Waals surface area (Å²) < 4.78 is 5.16. The van der Waals surface area contributed by atoms with Crippen LogP contribution in [0.25, 0.3) is 6.08 Å². The standard InChI is InChI=1S/C28H29Cl4N3O2/c1-4-10-34-15-19(12-18-6-7-20(29)13-24(18)31)27-23(16-34)28(22-9-8-21(30)14-25(22)32)35(33-27)17(3)11-26(36)37-5-2/h6-9,11-14,23,28H,4-5,10,15-16H2,1-3H3/b17-11-,19-12+/t23-,28-/m1/s1. The molecule has 0 radical (unpaired) electrons. The van der Waals surface area contributed by atoms with Crippen molar-refractivity contribution in [2.24, 2.45) is 11.0 Å². The fourth-order valence-corrected chi connectivity index (χ4v) is 5.93. The molecule has 196 valence electrons. The summed E-state index contributed by atoms with van der Waals surface area (Å²) in [5, 5.41) is 9.25. The summed E-state index contributed by atoms with van der Waals surface area (Å²) in [6.07, 6.45) is 4.58. The third-order valence-corrected chi connectivity index (χ3v) is 7.60. The summed E-state index contributed by atoms with van der Waals surface area (Å²) in [4.78, 5) is 14.7. The minimum atomic E-state index is -0.410. The number of hydrogen-bond acceptors (Lipinski definition) is 5. The molecule has 2 atom stereocenters. The number of esters is 1. The summed E-state index contributed by atoms with van der Waals surface area (Å²) in [5.41, 5.74) is 4.46. The van der Waals surface area contributed by atoms with Gasteiger partial charge < -0.3 is 4.74 Å². The molecule has 2 heterocycles. The van der Waals surface area contributed by atoms with E-state index in [1.165, 1.54) is 6.08 Å². The first kappa shape index (κ1) is 28.0. The van der Waals surface area contributed by atoms with Gasteiger partial charge in [0, 0.05) is 50.9 Å². The predicted octanol–water partition coefficient (Wildman–Crippen LogP) is 7.91. The van der Waals surface area contributed by atoms with Crippen LogP contribution in [0, 0.1) is 5.92 Å². The minimum absolute atomic E-state index is 0.00171. The molecule has 37 heavy (non-hydrogen) atoms. The van der Waals surface area contributed by atoms with E-state index in [2.05, 4.69) is 17.9 Å². The number of benzene rings is 2. The molecule has 0 aromatic heterocycles. The van der Waals surface area contributed by atoms with Crippen molar-refractivity contribution in [1.29, 1.82) is 0 Å². The maximum Gasteiger partial charge on any atom is 0.332 e. The Morgan fingerprint density at radius 3 is 2.43 bits per heavy atom. The van der Waals surface area contributed by atoms with Gasteiger partial charge in [-0.05, 0) is 73.9 Å². The Labute approximate surface area is 238 Å². The monoisotopic (exact) mass is 579 g/mol. The van der Waals surface area contributed by atoms with E-state index >= 15 is 0 Å². The lowest BCUT2D eigenvalue weighted by molar-refractivity contribution is -0.137. The quantitative estimate of drug-likeness (QED) is 0.246. The number of carbonyl (C=O) groups excluding carboxylic acids is 1. The summed E-state index contributed by atoms with van der Waals surface area (Å²) in [6.45, 7) is 8.58. The normalized spacial score (nSPS) is 21.3. The second kappa shape index (κ2) is 12.2. The number of likely N-dealkylation sites (tertiary alicyclic amines) is 1. The fraction of sp³-hybridized carbons (Fsp3) is 0.357. The lowest BCUT2D eigenvalue weighted by atomic mass is 9.83. The van der Waals surface area contributed by atoms with Gasteiger partial charge in [-0.3, -0.25) is 9.91 Å². The SMILES string of the molecule is CCCN1C/C(=C\c2ccc(Cl)cc2Cl)C2=NN(/C(C)=C\C(=O)OCC)[C@H](c3ccc(Cl)cc3Cl)[C@@H]2C1. The Balaban J connectivity index is 1.85. The number of rotatable bonds is 7. The molecule has 5 nitrogen and oxygen atoms in total. The smallest absolute Gasteiger partial charge is 0.332 e. The van der Waals surface area contributed by atoms with E-state index in [-0.39, 0.29) is 12.0 Å². The zero-order chi connectivity index (χ0) is 26.7. The van der Waals surface area contributed by atoms with E-state index in [1.54, 1.807) is 19.1 Å². The van der Waals surface area contributed by atoms with Gasteiger partial charge in [0.2, 0.25) is 0 Å². The third kappa shape index (κ3) is 6.35. The Hall–Kier alpha value is -2.02.